The molecule has 9 heteroatoms. The smallest absolute Gasteiger partial charge is 0.333 e. The van der Waals surface area contributed by atoms with Crippen molar-refractivity contribution in [1.82, 2.24) is 16.2 Å². The number of aryl methyl sites for hydroxylation is 2. The average Bonchev–Trinajstić information content (AvgIpc) is 2.75. The number of sulfonamides is 1. The molecule has 2 aromatic carbocycles. The lowest BCUT2D eigenvalue weighted by Gasteiger charge is -2.22. The molecule has 3 rings (SSSR count). The van der Waals surface area contributed by atoms with Crippen molar-refractivity contribution >= 4 is 27.6 Å². The molecule has 4 N–H and O–H groups in total. The molecule has 3 amide bonds. The number of hydrazine groups is 1. The van der Waals surface area contributed by atoms with Gasteiger partial charge in [-0.2, -0.15) is 0 Å². The second kappa shape index (κ2) is 9.82. The summed E-state index contributed by atoms with van der Waals surface area (Å²) in [7, 11) is -3.88. The molecule has 31 heavy (non-hydrogen) atoms. The zero-order valence-electron chi connectivity index (χ0n) is 17.7. The molecule has 0 aliphatic heterocycles. The van der Waals surface area contributed by atoms with E-state index >= 15 is 0 Å². The summed E-state index contributed by atoms with van der Waals surface area (Å²) in [6, 6.07) is 10.7. The quantitative estimate of drug-likeness (QED) is 0.529. The van der Waals surface area contributed by atoms with Gasteiger partial charge >= 0.3 is 6.03 Å². The summed E-state index contributed by atoms with van der Waals surface area (Å²) in [6.45, 7) is 3.75. The number of rotatable bonds is 5. The number of nitrogens with one attached hydrogen (secondary N) is 4. The lowest BCUT2D eigenvalue weighted by molar-refractivity contribution is 0.0935. The molecule has 166 valence electrons. The minimum atomic E-state index is -3.88. The Balaban J connectivity index is 1.63. The van der Waals surface area contributed by atoms with Gasteiger partial charge in [-0.3, -0.25) is 14.9 Å². The number of carbonyl (C=O) groups is 2. The van der Waals surface area contributed by atoms with Crippen LogP contribution in [0.4, 0.5) is 10.5 Å². The second-order valence-corrected chi connectivity index (χ2v) is 9.52. The first kappa shape index (κ1) is 22.6. The molecule has 0 atom stereocenters. The Hall–Kier alpha value is -3.07. The summed E-state index contributed by atoms with van der Waals surface area (Å²) in [6.07, 6.45) is 5.18. The van der Waals surface area contributed by atoms with Crippen LogP contribution in [0.25, 0.3) is 0 Å². The molecule has 0 unspecified atom stereocenters. The van der Waals surface area contributed by atoms with E-state index in [4.69, 9.17) is 0 Å². The maximum atomic E-state index is 12.8. The van der Waals surface area contributed by atoms with Crippen molar-refractivity contribution in [2.75, 3.05) is 4.72 Å². The van der Waals surface area contributed by atoms with Gasteiger partial charge in [0.15, 0.2) is 0 Å². The van der Waals surface area contributed by atoms with Gasteiger partial charge in [-0.15, -0.1) is 0 Å². The van der Waals surface area contributed by atoms with Crippen molar-refractivity contribution in [2.24, 2.45) is 0 Å². The van der Waals surface area contributed by atoms with E-state index in [1.165, 1.54) is 30.7 Å². The number of hydrogen-bond donors (Lipinski definition) is 4. The average molecular weight is 445 g/mol. The molecule has 1 aliphatic carbocycles. The van der Waals surface area contributed by atoms with E-state index < -0.39 is 22.0 Å². The van der Waals surface area contributed by atoms with E-state index in [0.29, 0.717) is 5.69 Å². The van der Waals surface area contributed by atoms with Crippen molar-refractivity contribution in [1.29, 1.82) is 0 Å². The summed E-state index contributed by atoms with van der Waals surface area (Å²) < 4.78 is 28.1. The Kier molecular flexibility index (Phi) is 7.17. The molecule has 1 saturated carbocycles. The van der Waals surface area contributed by atoms with Crippen LogP contribution in [0.2, 0.25) is 0 Å². The third-order valence-electron chi connectivity index (χ3n) is 5.26. The molecule has 8 nitrogen and oxygen atoms in total. The molecule has 0 saturated heterocycles. The molecule has 1 fully saturated rings. The van der Waals surface area contributed by atoms with Crippen LogP contribution in [0.15, 0.2) is 47.4 Å². The molecular formula is C22H28N4O4S. The number of carbonyl (C=O) groups excluding carboxylic acids is 2. The summed E-state index contributed by atoms with van der Waals surface area (Å²) in [5.41, 5.74) is 7.05. The maximum absolute atomic E-state index is 12.8. The van der Waals surface area contributed by atoms with Crippen LogP contribution in [0.3, 0.4) is 0 Å². The van der Waals surface area contributed by atoms with Crippen LogP contribution in [0.1, 0.15) is 53.6 Å². The highest BCUT2D eigenvalue weighted by Crippen LogP contribution is 2.21. The summed E-state index contributed by atoms with van der Waals surface area (Å²) in [5, 5.41) is 2.83. The molecule has 1 aliphatic rings. The van der Waals surface area contributed by atoms with Crippen molar-refractivity contribution in [3.05, 3.63) is 59.2 Å². The van der Waals surface area contributed by atoms with Gasteiger partial charge in [0, 0.05) is 11.6 Å². The van der Waals surface area contributed by atoms with E-state index in [1.807, 2.05) is 26.0 Å². The van der Waals surface area contributed by atoms with E-state index in [9.17, 15) is 18.0 Å². The molecule has 0 radical (unpaired) electrons. The van der Waals surface area contributed by atoms with E-state index in [2.05, 4.69) is 20.9 Å². The van der Waals surface area contributed by atoms with E-state index in [0.717, 1.165) is 36.8 Å². The van der Waals surface area contributed by atoms with Gasteiger partial charge in [0.1, 0.15) is 0 Å². The first-order valence-corrected chi connectivity index (χ1v) is 11.8. The predicted molar refractivity (Wildman–Crippen MR) is 119 cm³/mol. The Morgan fingerprint density at radius 3 is 2.39 bits per heavy atom. The van der Waals surface area contributed by atoms with Crippen LogP contribution in [0, 0.1) is 13.8 Å². The fourth-order valence-corrected chi connectivity index (χ4v) is 4.77. The summed E-state index contributed by atoms with van der Waals surface area (Å²) >= 11 is 0. The summed E-state index contributed by atoms with van der Waals surface area (Å²) in [4.78, 5) is 24.3. The van der Waals surface area contributed by atoms with Crippen molar-refractivity contribution < 1.29 is 18.0 Å². The third-order valence-corrected chi connectivity index (χ3v) is 6.63. The SMILES string of the molecule is Cc1ccc(NS(=O)(=O)c2cccc(C(=O)NNC(=O)NC3CCCCC3)c2)c(C)c1. The van der Waals surface area contributed by atoms with Gasteiger partial charge in [0.05, 0.1) is 10.6 Å². The van der Waals surface area contributed by atoms with Gasteiger partial charge in [-0.1, -0.05) is 43.0 Å². The van der Waals surface area contributed by atoms with Crippen LogP contribution >= 0.6 is 0 Å². The van der Waals surface area contributed by atoms with E-state index in [-0.39, 0.29) is 16.5 Å². The molecule has 0 bridgehead atoms. The van der Waals surface area contributed by atoms with Crippen molar-refractivity contribution in [3.8, 4) is 0 Å². The third kappa shape index (κ3) is 6.21. The van der Waals surface area contributed by atoms with Gasteiger partial charge in [-0.05, 0) is 56.5 Å². The standard InChI is InChI=1S/C22H28N4O4S/c1-15-11-12-20(16(2)13-15)26-31(29,30)19-10-6-7-17(14-19)21(27)24-25-22(28)23-18-8-4-3-5-9-18/h6-7,10-14,18,26H,3-5,8-9H2,1-2H3,(H,24,27)(H2,23,25,28). The van der Waals surface area contributed by atoms with Gasteiger partial charge in [-0.25, -0.2) is 18.6 Å². The summed E-state index contributed by atoms with van der Waals surface area (Å²) in [5.74, 6) is -0.609. The topological polar surface area (TPSA) is 116 Å². The Morgan fingerprint density at radius 1 is 0.935 bits per heavy atom. The number of amides is 3. The molecular weight excluding hydrogens is 416 g/mol. The normalized spacial score (nSPS) is 14.5. The minimum Gasteiger partial charge on any atom is -0.334 e. The lowest BCUT2D eigenvalue weighted by Crippen LogP contribution is -2.50. The van der Waals surface area contributed by atoms with Gasteiger partial charge < -0.3 is 5.32 Å². The van der Waals surface area contributed by atoms with Crippen molar-refractivity contribution in [2.45, 2.75) is 56.9 Å². The zero-order valence-corrected chi connectivity index (χ0v) is 18.5. The fraction of sp³-hybridized carbons (Fsp3) is 0.364. The number of anilines is 1. The largest absolute Gasteiger partial charge is 0.334 e. The first-order chi connectivity index (χ1) is 14.7. The first-order valence-electron chi connectivity index (χ1n) is 10.3. The van der Waals surface area contributed by atoms with Gasteiger partial charge in [0.2, 0.25) is 0 Å². The number of hydrogen-bond acceptors (Lipinski definition) is 4. The highest BCUT2D eigenvalue weighted by molar-refractivity contribution is 7.92. The van der Waals surface area contributed by atoms with Crippen LogP contribution < -0.4 is 20.9 Å². The molecule has 0 aromatic heterocycles. The number of urea groups is 1. The Labute approximate surface area is 182 Å². The van der Waals surface area contributed by atoms with Crippen molar-refractivity contribution in [3.63, 3.8) is 0 Å². The predicted octanol–water partition coefficient (Wildman–Crippen LogP) is 3.38. The zero-order chi connectivity index (χ0) is 22.4. The lowest BCUT2D eigenvalue weighted by atomic mass is 9.96. The highest BCUT2D eigenvalue weighted by atomic mass is 32.2. The van der Waals surface area contributed by atoms with Gasteiger partial charge in [0.25, 0.3) is 15.9 Å². The number of benzene rings is 2. The fourth-order valence-electron chi connectivity index (χ4n) is 3.59. The van der Waals surface area contributed by atoms with Crippen LogP contribution in [-0.4, -0.2) is 26.4 Å². The Morgan fingerprint density at radius 2 is 1.68 bits per heavy atom. The highest BCUT2D eigenvalue weighted by Gasteiger charge is 2.19. The monoisotopic (exact) mass is 444 g/mol. The van der Waals surface area contributed by atoms with Crippen LogP contribution in [0.5, 0.6) is 0 Å². The molecule has 0 spiro atoms. The van der Waals surface area contributed by atoms with Crippen LogP contribution in [-0.2, 0) is 10.0 Å². The maximum Gasteiger partial charge on any atom is 0.333 e. The molecule has 0 heterocycles. The molecule has 2 aromatic rings. The van der Waals surface area contributed by atoms with E-state index in [1.54, 1.807) is 6.07 Å². The second-order valence-electron chi connectivity index (χ2n) is 7.84. The minimum absolute atomic E-state index is 0.0493. The Bertz CT molecular complexity index is 1060.